The van der Waals surface area contributed by atoms with E-state index >= 15 is 0 Å². The van der Waals surface area contributed by atoms with Crippen LogP contribution in [-0.4, -0.2) is 21.9 Å². The maximum atomic E-state index is 12.0. The molecular formula is C14H14BrN3O3. The van der Waals surface area contributed by atoms with E-state index in [0.717, 1.165) is 10.0 Å². The number of carbonyl (C=O) groups excluding carboxylic acids is 2. The third kappa shape index (κ3) is 3.25. The van der Waals surface area contributed by atoms with E-state index in [1.807, 2.05) is 6.92 Å². The first kappa shape index (κ1) is 15.1. The molecule has 0 spiro atoms. The van der Waals surface area contributed by atoms with Crippen molar-refractivity contribution in [1.82, 2.24) is 15.8 Å². The number of phenolic OH excluding ortho intramolecular Hbond substituents is 1. The number of aromatic amines is 1. The number of nitrogens with one attached hydrogen (secondary N) is 3. The Labute approximate surface area is 129 Å². The van der Waals surface area contributed by atoms with Gasteiger partial charge in [0.25, 0.3) is 11.8 Å². The normalized spacial score (nSPS) is 10.2. The van der Waals surface area contributed by atoms with Crippen molar-refractivity contribution < 1.29 is 14.7 Å². The lowest BCUT2D eigenvalue weighted by Crippen LogP contribution is -2.41. The van der Waals surface area contributed by atoms with Gasteiger partial charge in [-0.2, -0.15) is 0 Å². The molecule has 0 bridgehead atoms. The summed E-state index contributed by atoms with van der Waals surface area (Å²) in [5.74, 6) is -1.17. The third-order valence-corrected chi connectivity index (χ3v) is 3.59. The number of rotatable bonds is 2. The Hall–Kier alpha value is -2.28. The number of hydrogen-bond acceptors (Lipinski definition) is 3. The SMILES string of the molecule is Cc1ccc(C(=O)NNC(=O)c2cc(Br)c[nH]2)c(O)c1C. The molecule has 0 aliphatic heterocycles. The standard InChI is InChI=1S/C14H14BrN3O3/c1-7-3-4-10(12(19)8(7)2)13(20)17-18-14(21)11-5-9(15)6-16-11/h3-6,16,19H,1-2H3,(H,17,20)(H,18,21). The minimum Gasteiger partial charge on any atom is -0.507 e. The monoisotopic (exact) mass is 351 g/mol. The molecule has 2 rings (SSSR count). The lowest BCUT2D eigenvalue weighted by Gasteiger charge is -2.10. The fraction of sp³-hybridized carbons (Fsp3) is 0.143. The Bertz CT molecular complexity index is 709. The van der Waals surface area contributed by atoms with Crippen LogP contribution in [-0.2, 0) is 0 Å². The van der Waals surface area contributed by atoms with Gasteiger partial charge in [0.1, 0.15) is 11.4 Å². The van der Waals surface area contributed by atoms with Gasteiger partial charge in [-0.15, -0.1) is 0 Å². The van der Waals surface area contributed by atoms with Gasteiger partial charge in [0.15, 0.2) is 0 Å². The van der Waals surface area contributed by atoms with Gasteiger partial charge in [-0.25, -0.2) is 0 Å². The highest BCUT2D eigenvalue weighted by atomic mass is 79.9. The summed E-state index contributed by atoms with van der Waals surface area (Å²) >= 11 is 3.21. The molecule has 7 heteroatoms. The predicted octanol–water partition coefficient (Wildman–Crippen LogP) is 2.17. The number of amides is 2. The van der Waals surface area contributed by atoms with E-state index in [9.17, 15) is 14.7 Å². The molecule has 1 aromatic heterocycles. The van der Waals surface area contributed by atoms with Crippen LogP contribution in [0.4, 0.5) is 0 Å². The number of hydrogen-bond donors (Lipinski definition) is 4. The fourth-order valence-electron chi connectivity index (χ4n) is 1.73. The number of aryl methyl sites for hydroxylation is 1. The lowest BCUT2D eigenvalue weighted by molar-refractivity contribution is 0.0842. The number of halogens is 1. The van der Waals surface area contributed by atoms with E-state index in [0.29, 0.717) is 11.3 Å². The second-order valence-corrected chi connectivity index (χ2v) is 5.46. The highest BCUT2D eigenvalue weighted by Crippen LogP contribution is 2.24. The second kappa shape index (κ2) is 6.01. The van der Waals surface area contributed by atoms with Crippen LogP contribution in [0.5, 0.6) is 5.75 Å². The third-order valence-electron chi connectivity index (χ3n) is 3.13. The van der Waals surface area contributed by atoms with Gasteiger partial charge >= 0.3 is 0 Å². The van der Waals surface area contributed by atoms with Crippen LogP contribution >= 0.6 is 15.9 Å². The van der Waals surface area contributed by atoms with Crippen LogP contribution in [0.25, 0.3) is 0 Å². The number of H-pyrrole nitrogens is 1. The Morgan fingerprint density at radius 3 is 2.48 bits per heavy atom. The molecule has 2 amide bonds. The zero-order valence-corrected chi connectivity index (χ0v) is 13.0. The summed E-state index contributed by atoms with van der Waals surface area (Å²) in [4.78, 5) is 26.5. The number of aromatic hydroxyl groups is 1. The van der Waals surface area contributed by atoms with Crippen LogP contribution in [0.15, 0.2) is 28.9 Å². The van der Waals surface area contributed by atoms with E-state index in [1.165, 1.54) is 6.07 Å². The van der Waals surface area contributed by atoms with Crippen molar-refractivity contribution in [2.24, 2.45) is 0 Å². The second-order valence-electron chi connectivity index (χ2n) is 4.54. The van der Waals surface area contributed by atoms with E-state index in [1.54, 1.807) is 25.3 Å². The molecule has 0 radical (unpaired) electrons. The first-order chi connectivity index (χ1) is 9.90. The zero-order chi connectivity index (χ0) is 15.6. The Morgan fingerprint density at radius 2 is 1.86 bits per heavy atom. The summed E-state index contributed by atoms with van der Waals surface area (Å²) in [7, 11) is 0. The van der Waals surface area contributed by atoms with Gasteiger partial charge in [0.2, 0.25) is 0 Å². The molecule has 1 aromatic carbocycles. The molecule has 0 fully saturated rings. The number of benzene rings is 1. The predicted molar refractivity (Wildman–Crippen MR) is 81.0 cm³/mol. The lowest BCUT2D eigenvalue weighted by atomic mass is 10.0. The van der Waals surface area contributed by atoms with E-state index in [-0.39, 0.29) is 11.3 Å². The molecule has 21 heavy (non-hydrogen) atoms. The summed E-state index contributed by atoms with van der Waals surface area (Å²) in [6.07, 6.45) is 1.60. The van der Waals surface area contributed by atoms with Crippen molar-refractivity contribution in [3.05, 3.63) is 51.3 Å². The molecule has 2 aromatic rings. The quantitative estimate of drug-likeness (QED) is 0.624. The van der Waals surface area contributed by atoms with Crippen molar-refractivity contribution in [1.29, 1.82) is 0 Å². The smallest absolute Gasteiger partial charge is 0.286 e. The highest BCUT2D eigenvalue weighted by molar-refractivity contribution is 9.10. The summed E-state index contributed by atoms with van der Waals surface area (Å²) < 4.78 is 0.728. The van der Waals surface area contributed by atoms with E-state index < -0.39 is 11.8 Å². The first-order valence-electron chi connectivity index (χ1n) is 6.14. The summed E-state index contributed by atoms with van der Waals surface area (Å²) in [5.41, 5.74) is 6.44. The zero-order valence-electron chi connectivity index (χ0n) is 11.5. The molecular weight excluding hydrogens is 338 g/mol. The van der Waals surface area contributed by atoms with Gasteiger partial charge in [0.05, 0.1) is 5.56 Å². The van der Waals surface area contributed by atoms with Crippen molar-refractivity contribution in [2.45, 2.75) is 13.8 Å². The average Bonchev–Trinajstić information content (AvgIpc) is 2.88. The average molecular weight is 352 g/mol. The summed E-state index contributed by atoms with van der Waals surface area (Å²) in [6.45, 7) is 3.55. The van der Waals surface area contributed by atoms with Crippen LogP contribution in [0.3, 0.4) is 0 Å². The molecule has 1 heterocycles. The Balaban J connectivity index is 2.06. The number of hydrazine groups is 1. The maximum Gasteiger partial charge on any atom is 0.286 e. The van der Waals surface area contributed by atoms with Gasteiger partial charge in [-0.05, 0) is 53.0 Å². The largest absolute Gasteiger partial charge is 0.507 e. The molecule has 0 atom stereocenters. The maximum absolute atomic E-state index is 12.0. The van der Waals surface area contributed by atoms with Gasteiger partial charge < -0.3 is 10.1 Å². The molecule has 6 nitrogen and oxygen atoms in total. The molecule has 0 saturated heterocycles. The molecule has 0 aliphatic carbocycles. The molecule has 110 valence electrons. The fourth-order valence-corrected chi connectivity index (χ4v) is 2.07. The van der Waals surface area contributed by atoms with Crippen LogP contribution in [0.1, 0.15) is 32.0 Å². The Kier molecular flexibility index (Phi) is 4.32. The van der Waals surface area contributed by atoms with Crippen molar-refractivity contribution >= 4 is 27.7 Å². The van der Waals surface area contributed by atoms with Crippen LogP contribution in [0.2, 0.25) is 0 Å². The van der Waals surface area contributed by atoms with Gasteiger partial charge in [-0.1, -0.05) is 6.07 Å². The van der Waals surface area contributed by atoms with Crippen molar-refractivity contribution in [3.63, 3.8) is 0 Å². The highest BCUT2D eigenvalue weighted by Gasteiger charge is 2.15. The minimum atomic E-state index is -0.588. The topological polar surface area (TPSA) is 94.2 Å². The van der Waals surface area contributed by atoms with E-state index in [2.05, 4.69) is 31.8 Å². The number of aromatic nitrogens is 1. The van der Waals surface area contributed by atoms with E-state index in [4.69, 9.17) is 0 Å². The molecule has 4 N–H and O–H groups in total. The van der Waals surface area contributed by atoms with Crippen molar-refractivity contribution in [2.75, 3.05) is 0 Å². The summed E-state index contributed by atoms with van der Waals surface area (Å²) in [5, 5.41) is 9.95. The van der Waals surface area contributed by atoms with Crippen LogP contribution < -0.4 is 10.9 Å². The van der Waals surface area contributed by atoms with Crippen LogP contribution in [0, 0.1) is 13.8 Å². The molecule has 0 aliphatic rings. The van der Waals surface area contributed by atoms with Gasteiger partial charge in [0, 0.05) is 10.7 Å². The molecule has 0 saturated carbocycles. The minimum absolute atomic E-state index is 0.0932. The van der Waals surface area contributed by atoms with Crippen molar-refractivity contribution in [3.8, 4) is 5.75 Å². The number of carbonyl (C=O) groups is 2. The molecule has 0 unspecified atom stereocenters. The first-order valence-corrected chi connectivity index (χ1v) is 6.93. The summed E-state index contributed by atoms with van der Waals surface area (Å²) in [6, 6.07) is 4.81. The number of phenols is 1. The van der Waals surface area contributed by atoms with Gasteiger partial charge in [-0.3, -0.25) is 20.4 Å². The Morgan fingerprint density at radius 1 is 1.19 bits per heavy atom.